The molecule has 0 aliphatic rings. The van der Waals surface area contributed by atoms with Gasteiger partial charge in [-0.3, -0.25) is 0 Å². The maximum atomic E-state index is 6.12. The molecule has 0 fully saturated rings. The molecule has 0 radical (unpaired) electrons. The summed E-state index contributed by atoms with van der Waals surface area (Å²) in [5, 5.41) is 3.51. The molecule has 0 aromatic carbocycles. The average molecular weight is 256 g/mol. The molecule has 0 aromatic heterocycles. The van der Waals surface area contributed by atoms with Gasteiger partial charge in [0.1, 0.15) is 0 Å². The van der Waals surface area contributed by atoms with E-state index in [4.69, 9.17) is 5.73 Å². The minimum absolute atomic E-state index is 0.349. The molecule has 3 N–H and O–H groups in total. The van der Waals surface area contributed by atoms with E-state index < -0.39 is 0 Å². The molecule has 0 aromatic rings. The second-order valence-corrected chi connectivity index (χ2v) is 6.83. The number of unbranched alkanes of at least 4 members (excludes halogenated alkanes) is 5. The maximum Gasteiger partial charge on any atom is 0.00558 e. The van der Waals surface area contributed by atoms with Gasteiger partial charge in [-0.25, -0.2) is 0 Å². The van der Waals surface area contributed by atoms with E-state index in [0.717, 1.165) is 25.9 Å². The third-order valence-electron chi connectivity index (χ3n) is 3.27. The zero-order valence-corrected chi connectivity index (χ0v) is 13.2. The van der Waals surface area contributed by atoms with E-state index >= 15 is 0 Å². The van der Waals surface area contributed by atoms with Gasteiger partial charge in [0.25, 0.3) is 0 Å². The van der Waals surface area contributed by atoms with Crippen LogP contribution in [0.3, 0.4) is 0 Å². The fraction of sp³-hybridized carbons (Fsp3) is 1.00. The van der Waals surface area contributed by atoms with E-state index in [1.165, 1.54) is 38.5 Å². The van der Waals surface area contributed by atoms with Gasteiger partial charge in [0.05, 0.1) is 0 Å². The lowest BCUT2D eigenvalue weighted by Gasteiger charge is -2.23. The number of hydrogen-bond acceptors (Lipinski definition) is 2. The topological polar surface area (TPSA) is 38.0 Å². The maximum absolute atomic E-state index is 6.12. The van der Waals surface area contributed by atoms with Gasteiger partial charge in [-0.15, -0.1) is 0 Å². The monoisotopic (exact) mass is 256 g/mol. The predicted molar refractivity (Wildman–Crippen MR) is 82.9 cm³/mol. The molecule has 0 aliphatic carbocycles. The summed E-state index contributed by atoms with van der Waals surface area (Å²) in [4.78, 5) is 0. The first-order chi connectivity index (χ1) is 8.45. The van der Waals surface area contributed by atoms with E-state index in [1.54, 1.807) is 0 Å². The molecule has 1 atom stereocenters. The van der Waals surface area contributed by atoms with Crippen molar-refractivity contribution in [3.63, 3.8) is 0 Å². The van der Waals surface area contributed by atoms with Crippen molar-refractivity contribution in [2.24, 2.45) is 11.1 Å². The highest BCUT2D eigenvalue weighted by Gasteiger charge is 2.14. The van der Waals surface area contributed by atoms with Crippen LogP contribution in [-0.2, 0) is 0 Å². The zero-order chi connectivity index (χ0) is 13.9. The van der Waals surface area contributed by atoms with Crippen molar-refractivity contribution >= 4 is 0 Å². The standard InChI is InChI=1S/C16H36N2/c1-5-6-7-8-9-10-12-18-13-11-15(17)14-16(2,3)4/h15,18H,5-14,17H2,1-4H3. The molecule has 110 valence electrons. The molecule has 2 heteroatoms. The lowest BCUT2D eigenvalue weighted by Crippen LogP contribution is -2.30. The lowest BCUT2D eigenvalue weighted by molar-refractivity contribution is 0.329. The van der Waals surface area contributed by atoms with E-state index in [0.29, 0.717) is 11.5 Å². The van der Waals surface area contributed by atoms with Crippen molar-refractivity contribution in [3.8, 4) is 0 Å². The molecule has 1 unspecified atom stereocenters. The third-order valence-corrected chi connectivity index (χ3v) is 3.27. The lowest BCUT2D eigenvalue weighted by atomic mass is 9.87. The minimum atomic E-state index is 0.349. The average Bonchev–Trinajstić information content (AvgIpc) is 2.24. The molecule has 0 aliphatic heterocycles. The van der Waals surface area contributed by atoms with Gasteiger partial charge in [-0.1, -0.05) is 59.8 Å². The SMILES string of the molecule is CCCCCCCCNCCC(N)CC(C)(C)C. The highest BCUT2D eigenvalue weighted by atomic mass is 14.9. The smallest absolute Gasteiger partial charge is 0.00558 e. The molecule has 0 rings (SSSR count). The van der Waals surface area contributed by atoms with Crippen LogP contribution < -0.4 is 11.1 Å². The number of nitrogens with one attached hydrogen (secondary N) is 1. The Morgan fingerprint density at radius 3 is 2.17 bits per heavy atom. The molecular weight excluding hydrogens is 220 g/mol. The van der Waals surface area contributed by atoms with Gasteiger partial charge in [-0.05, 0) is 37.8 Å². The molecule has 2 nitrogen and oxygen atoms in total. The molecule has 0 amide bonds. The van der Waals surface area contributed by atoms with E-state index in [2.05, 4.69) is 33.0 Å². The van der Waals surface area contributed by atoms with Crippen molar-refractivity contribution < 1.29 is 0 Å². The highest BCUT2D eigenvalue weighted by molar-refractivity contribution is 4.72. The summed E-state index contributed by atoms with van der Waals surface area (Å²) in [6.45, 7) is 11.3. The summed E-state index contributed by atoms with van der Waals surface area (Å²) in [6, 6.07) is 0.349. The van der Waals surface area contributed by atoms with Crippen LogP contribution in [0.4, 0.5) is 0 Å². The Morgan fingerprint density at radius 1 is 0.944 bits per heavy atom. The number of hydrogen-bond donors (Lipinski definition) is 2. The quantitative estimate of drug-likeness (QED) is 0.546. The van der Waals surface area contributed by atoms with Crippen molar-refractivity contribution in [3.05, 3.63) is 0 Å². The van der Waals surface area contributed by atoms with Crippen LogP contribution in [0.25, 0.3) is 0 Å². The fourth-order valence-corrected chi connectivity index (χ4v) is 2.33. The Labute approximate surface area is 115 Å². The minimum Gasteiger partial charge on any atom is -0.328 e. The van der Waals surface area contributed by atoms with Gasteiger partial charge >= 0.3 is 0 Å². The van der Waals surface area contributed by atoms with Crippen molar-refractivity contribution in [2.75, 3.05) is 13.1 Å². The summed E-state index contributed by atoms with van der Waals surface area (Å²) in [5.74, 6) is 0. The fourth-order valence-electron chi connectivity index (χ4n) is 2.33. The molecule has 0 spiro atoms. The molecular formula is C16H36N2. The van der Waals surface area contributed by atoms with Gasteiger partial charge in [0.2, 0.25) is 0 Å². The van der Waals surface area contributed by atoms with Crippen LogP contribution in [0, 0.1) is 5.41 Å². The van der Waals surface area contributed by atoms with Gasteiger partial charge in [-0.2, -0.15) is 0 Å². The summed E-state index contributed by atoms with van der Waals surface area (Å²) in [5.41, 5.74) is 6.48. The number of rotatable bonds is 11. The number of nitrogens with two attached hydrogens (primary N) is 1. The van der Waals surface area contributed by atoms with Crippen LogP contribution in [-0.4, -0.2) is 19.1 Å². The first kappa shape index (κ1) is 17.9. The highest BCUT2D eigenvalue weighted by Crippen LogP contribution is 2.20. The zero-order valence-electron chi connectivity index (χ0n) is 13.2. The molecule has 0 heterocycles. The Morgan fingerprint density at radius 2 is 1.56 bits per heavy atom. The van der Waals surface area contributed by atoms with E-state index in [-0.39, 0.29) is 0 Å². The molecule has 0 saturated heterocycles. The Hall–Kier alpha value is -0.0800. The molecule has 18 heavy (non-hydrogen) atoms. The van der Waals surface area contributed by atoms with Crippen LogP contribution >= 0.6 is 0 Å². The normalized spacial score (nSPS) is 13.8. The van der Waals surface area contributed by atoms with Crippen LogP contribution in [0.5, 0.6) is 0 Å². The Bertz CT molecular complexity index is 172. The van der Waals surface area contributed by atoms with Crippen LogP contribution in [0.15, 0.2) is 0 Å². The van der Waals surface area contributed by atoms with Gasteiger partial charge < -0.3 is 11.1 Å². The summed E-state index contributed by atoms with van der Waals surface area (Å²) in [7, 11) is 0. The van der Waals surface area contributed by atoms with Gasteiger partial charge in [0.15, 0.2) is 0 Å². The first-order valence-corrected chi connectivity index (χ1v) is 7.92. The Balaban J connectivity index is 3.20. The van der Waals surface area contributed by atoms with Crippen molar-refractivity contribution in [1.82, 2.24) is 5.32 Å². The largest absolute Gasteiger partial charge is 0.328 e. The van der Waals surface area contributed by atoms with Gasteiger partial charge in [0, 0.05) is 6.04 Å². The van der Waals surface area contributed by atoms with E-state index in [1.807, 2.05) is 0 Å². The third kappa shape index (κ3) is 14.0. The summed E-state index contributed by atoms with van der Waals surface area (Å²) in [6.07, 6.45) is 10.5. The first-order valence-electron chi connectivity index (χ1n) is 7.92. The predicted octanol–water partition coefficient (Wildman–Crippen LogP) is 4.09. The Kier molecular flexibility index (Phi) is 10.8. The summed E-state index contributed by atoms with van der Waals surface area (Å²) >= 11 is 0. The second-order valence-electron chi connectivity index (χ2n) is 6.83. The van der Waals surface area contributed by atoms with Crippen molar-refractivity contribution in [2.45, 2.75) is 85.1 Å². The second kappa shape index (κ2) is 10.8. The van der Waals surface area contributed by atoms with E-state index in [9.17, 15) is 0 Å². The summed E-state index contributed by atoms with van der Waals surface area (Å²) < 4.78 is 0. The van der Waals surface area contributed by atoms with Crippen LogP contribution in [0.2, 0.25) is 0 Å². The molecule has 0 saturated carbocycles. The van der Waals surface area contributed by atoms with Crippen LogP contribution in [0.1, 0.15) is 79.1 Å². The molecule has 0 bridgehead atoms. The van der Waals surface area contributed by atoms with Crippen molar-refractivity contribution in [1.29, 1.82) is 0 Å².